The van der Waals surface area contributed by atoms with E-state index in [1.54, 1.807) is 0 Å². The second-order valence-electron chi connectivity index (χ2n) is 7.24. The van der Waals surface area contributed by atoms with E-state index in [-0.39, 0.29) is 0 Å². The zero-order chi connectivity index (χ0) is 20.1. The number of aryl methyl sites for hydroxylation is 3. The molecule has 4 heteroatoms. The highest BCUT2D eigenvalue weighted by Crippen LogP contribution is 2.25. The summed E-state index contributed by atoms with van der Waals surface area (Å²) in [6.45, 7) is 5.79. The van der Waals surface area contributed by atoms with Crippen LogP contribution in [-0.2, 0) is 12.3 Å². The van der Waals surface area contributed by atoms with Crippen molar-refractivity contribution in [3.63, 3.8) is 0 Å². The summed E-state index contributed by atoms with van der Waals surface area (Å²) >= 11 is 1.83. The highest BCUT2D eigenvalue weighted by molar-refractivity contribution is 7.98. The van der Waals surface area contributed by atoms with Gasteiger partial charge in [0.15, 0.2) is 0 Å². The van der Waals surface area contributed by atoms with Gasteiger partial charge in [-0.15, -0.1) is 11.8 Å². The predicted octanol–water partition coefficient (Wildman–Crippen LogP) is 6.41. The van der Waals surface area contributed by atoms with Gasteiger partial charge in [0.2, 0.25) is 0 Å². The Balaban J connectivity index is 1.44. The van der Waals surface area contributed by atoms with Crippen molar-refractivity contribution in [1.29, 1.82) is 0 Å². The fraction of sp³-hybridized carbons (Fsp3) is 0.240. The smallest absolute Gasteiger partial charge is 0.122 e. The number of rotatable bonds is 8. The lowest BCUT2D eigenvalue weighted by atomic mass is 10.1. The van der Waals surface area contributed by atoms with Crippen LogP contribution in [0, 0.1) is 13.8 Å². The number of benzene rings is 3. The molecule has 0 spiro atoms. The van der Waals surface area contributed by atoms with Crippen molar-refractivity contribution in [3.8, 4) is 5.75 Å². The average molecular weight is 403 g/mol. The summed E-state index contributed by atoms with van der Waals surface area (Å²) in [4.78, 5) is 6.16. The van der Waals surface area contributed by atoms with Crippen LogP contribution < -0.4 is 4.74 Å². The van der Waals surface area contributed by atoms with Crippen LogP contribution in [0.3, 0.4) is 0 Å². The molecule has 0 aliphatic carbocycles. The Morgan fingerprint density at radius 2 is 1.72 bits per heavy atom. The molecule has 3 aromatic carbocycles. The average Bonchev–Trinajstić information content (AvgIpc) is 3.10. The Bertz CT molecular complexity index is 1090. The van der Waals surface area contributed by atoms with Crippen molar-refractivity contribution in [2.24, 2.45) is 0 Å². The van der Waals surface area contributed by atoms with Crippen LogP contribution >= 0.6 is 11.8 Å². The number of aromatic nitrogens is 2. The normalized spacial score (nSPS) is 11.1. The largest absolute Gasteiger partial charge is 0.493 e. The molecule has 0 aliphatic heterocycles. The van der Waals surface area contributed by atoms with E-state index in [9.17, 15) is 0 Å². The minimum absolute atomic E-state index is 0.696. The highest BCUT2D eigenvalue weighted by Gasteiger charge is 2.11. The van der Waals surface area contributed by atoms with Gasteiger partial charge in [0, 0.05) is 11.4 Å². The summed E-state index contributed by atoms with van der Waals surface area (Å²) in [7, 11) is 0. The molecule has 0 saturated carbocycles. The summed E-state index contributed by atoms with van der Waals surface area (Å²) in [6.07, 6.45) is 0.941. The third-order valence-electron chi connectivity index (χ3n) is 4.97. The van der Waals surface area contributed by atoms with Crippen LogP contribution in [0.25, 0.3) is 11.0 Å². The number of ether oxygens (including phenoxy) is 1. The van der Waals surface area contributed by atoms with Crippen molar-refractivity contribution in [2.75, 3.05) is 6.61 Å². The first-order valence-corrected chi connectivity index (χ1v) is 11.0. The maximum atomic E-state index is 6.06. The Hall–Kier alpha value is -2.72. The number of hydrogen-bond acceptors (Lipinski definition) is 3. The van der Waals surface area contributed by atoms with Gasteiger partial charge in [0.05, 0.1) is 23.4 Å². The molecule has 1 heterocycles. The number of hydrogen-bond donors (Lipinski definition) is 0. The molecular formula is C25H26N2OS. The first-order chi connectivity index (χ1) is 14.2. The summed E-state index contributed by atoms with van der Waals surface area (Å²) < 4.78 is 8.40. The summed E-state index contributed by atoms with van der Waals surface area (Å²) in [5, 5.41) is 0. The van der Waals surface area contributed by atoms with E-state index < -0.39 is 0 Å². The highest BCUT2D eigenvalue weighted by atomic mass is 32.2. The minimum atomic E-state index is 0.696. The molecule has 0 bridgehead atoms. The van der Waals surface area contributed by atoms with E-state index in [1.165, 1.54) is 21.5 Å². The molecule has 0 radical (unpaired) electrons. The lowest BCUT2D eigenvalue weighted by molar-refractivity contribution is 0.300. The monoisotopic (exact) mass is 402 g/mol. The van der Waals surface area contributed by atoms with Crippen LogP contribution in [0.15, 0.2) is 77.7 Å². The molecule has 1 aromatic heterocycles. The zero-order valence-electron chi connectivity index (χ0n) is 17.0. The Morgan fingerprint density at radius 1 is 0.931 bits per heavy atom. The van der Waals surface area contributed by atoms with Crippen molar-refractivity contribution in [1.82, 2.24) is 9.55 Å². The molecule has 0 fully saturated rings. The Labute approximate surface area is 176 Å². The molecule has 0 unspecified atom stereocenters. The molecule has 0 N–H and O–H groups in total. The van der Waals surface area contributed by atoms with E-state index in [0.29, 0.717) is 6.61 Å². The molecule has 3 nitrogen and oxygen atoms in total. The van der Waals surface area contributed by atoms with E-state index in [1.807, 2.05) is 11.8 Å². The zero-order valence-corrected chi connectivity index (χ0v) is 17.8. The van der Waals surface area contributed by atoms with Gasteiger partial charge in [-0.05, 0) is 61.7 Å². The van der Waals surface area contributed by atoms with E-state index in [2.05, 4.69) is 91.2 Å². The van der Waals surface area contributed by atoms with Crippen LogP contribution in [0.2, 0.25) is 0 Å². The molecule has 148 valence electrons. The number of nitrogens with zero attached hydrogens (tertiary/aromatic N) is 2. The van der Waals surface area contributed by atoms with Gasteiger partial charge < -0.3 is 9.30 Å². The SMILES string of the molecule is Cc1ccc(C)c(OCCCn2c(CSc3ccccc3)nc3ccccc32)c1. The summed E-state index contributed by atoms with van der Waals surface area (Å²) in [5.74, 6) is 2.96. The maximum Gasteiger partial charge on any atom is 0.122 e. The van der Waals surface area contributed by atoms with Gasteiger partial charge in [-0.1, -0.05) is 42.5 Å². The first-order valence-electron chi connectivity index (χ1n) is 10.0. The number of fused-ring (bicyclic) bond motifs is 1. The predicted molar refractivity (Wildman–Crippen MR) is 122 cm³/mol. The molecule has 0 amide bonds. The van der Waals surface area contributed by atoms with Crippen molar-refractivity contribution in [2.45, 2.75) is 37.5 Å². The quantitative estimate of drug-likeness (QED) is 0.251. The minimum Gasteiger partial charge on any atom is -0.493 e. The molecule has 4 rings (SSSR count). The topological polar surface area (TPSA) is 27.1 Å². The third kappa shape index (κ3) is 4.83. The van der Waals surface area contributed by atoms with E-state index >= 15 is 0 Å². The fourth-order valence-corrected chi connectivity index (χ4v) is 4.28. The Kier molecular flexibility index (Phi) is 6.20. The second kappa shape index (κ2) is 9.19. The van der Waals surface area contributed by atoms with Crippen LogP contribution in [-0.4, -0.2) is 16.2 Å². The molecule has 0 aliphatic rings. The summed E-state index contributed by atoms with van der Waals surface area (Å²) in [6, 6.07) is 25.2. The van der Waals surface area contributed by atoms with Crippen molar-refractivity contribution >= 4 is 22.8 Å². The number of imidazole rings is 1. The van der Waals surface area contributed by atoms with Crippen molar-refractivity contribution < 1.29 is 4.74 Å². The first kappa shape index (κ1) is 19.6. The maximum absolute atomic E-state index is 6.06. The molecule has 29 heavy (non-hydrogen) atoms. The van der Waals surface area contributed by atoms with Gasteiger partial charge in [-0.2, -0.15) is 0 Å². The fourth-order valence-electron chi connectivity index (χ4n) is 3.42. The van der Waals surface area contributed by atoms with E-state index in [4.69, 9.17) is 9.72 Å². The third-order valence-corrected chi connectivity index (χ3v) is 5.98. The van der Waals surface area contributed by atoms with E-state index in [0.717, 1.165) is 35.8 Å². The van der Waals surface area contributed by atoms with Gasteiger partial charge in [-0.3, -0.25) is 0 Å². The van der Waals surface area contributed by atoms with Gasteiger partial charge in [0.25, 0.3) is 0 Å². The van der Waals surface area contributed by atoms with Gasteiger partial charge >= 0.3 is 0 Å². The Morgan fingerprint density at radius 3 is 2.59 bits per heavy atom. The van der Waals surface area contributed by atoms with Crippen molar-refractivity contribution in [3.05, 3.63) is 89.7 Å². The van der Waals surface area contributed by atoms with Crippen LogP contribution in [0.5, 0.6) is 5.75 Å². The lowest BCUT2D eigenvalue weighted by Crippen LogP contribution is -2.08. The molecule has 0 atom stereocenters. The molecule has 0 saturated heterocycles. The van der Waals surface area contributed by atoms with Gasteiger partial charge in [0.1, 0.15) is 11.6 Å². The summed E-state index contributed by atoms with van der Waals surface area (Å²) in [5.41, 5.74) is 4.67. The molecule has 4 aromatic rings. The number of thioether (sulfide) groups is 1. The lowest BCUT2D eigenvalue weighted by Gasteiger charge is -2.12. The van der Waals surface area contributed by atoms with Crippen LogP contribution in [0.4, 0.5) is 0 Å². The van der Waals surface area contributed by atoms with Gasteiger partial charge in [-0.25, -0.2) is 4.98 Å². The second-order valence-corrected chi connectivity index (χ2v) is 8.29. The standard InChI is InChI=1S/C25H26N2OS/c1-19-13-14-20(2)24(17-19)28-16-8-15-27-23-12-7-6-11-22(23)26-25(27)18-29-21-9-4-3-5-10-21/h3-7,9-14,17H,8,15-16,18H2,1-2H3. The number of para-hydroxylation sites is 2. The molecular weight excluding hydrogens is 376 g/mol. The van der Waals surface area contributed by atoms with Crippen LogP contribution in [0.1, 0.15) is 23.4 Å².